The minimum absolute atomic E-state index is 0.102. The van der Waals surface area contributed by atoms with Gasteiger partial charge in [0, 0.05) is 18.0 Å². The predicted octanol–water partition coefficient (Wildman–Crippen LogP) is 4.63. The van der Waals surface area contributed by atoms with Gasteiger partial charge in [-0.05, 0) is 49.1 Å². The Morgan fingerprint density at radius 3 is 2.67 bits per heavy atom. The molecular formula is C19H19ClN2OS. The first-order chi connectivity index (χ1) is 11.7. The largest absolute Gasteiger partial charge is 0.356 e. The fourth-order valence-electron chi connectivity index (χ4n) is 2.51. The topological polar surface area (TPSA) is 42.0 Å². The SMILES string of the molecule is O=C(CCCc1nc2ccccc2s1)NCCc1ccc(Cl)cc1. The van der Waals surface area contributed by atoms with Gasteiger partial charge in [-0.3, -0.25) is 4.79 Å². The van der Waals surface area contributed by atoms with E-state index in [1.807, 2.05) is 42.5 Å². The fourth-order valence-corrected chi connectivity index (χ4v) is 3.65. The number of aromatic nitrogens is 1. The summed E-state index contributed by atoms with van der Waals surface area (Å²) in [6, 6.07) is 15.9. The van der Waals surface area contributed by atoms with E-state index in [4.69, 9.17) is 11.6 Å². The lowest BCUT2D eigenvalue weighted by Crippen LogP contribution is -2.25. The standard InChI is InChI=1S/C19H19ClN2OS/c20-15-10-8-14(9-11-15)12-13-21-18(23)6-3-7-19-22-16-4-1-2-5-17(16)24-19/h1-2,4-5,8-11H,3,6-7,12-13H2,(H,21,23). The van der Waals surface area contributed by atoms with Gasteiger partial charge < -0.3 is 5.32 Å². The lowest BCUT2D eigenvalue weighted by atomic mass is 10.1. The van der Waals surface area contributed by atoms with Crippen LogP contribution in [0, 0.1) is 0 Å². The van der Waals surface area contributed by atoms with Gasteiger partial charge in [-0.2, -0.15) is 0 Å². The third kappa shape index (κ3) is 4.79. The second-order valence-corrected chi connectivity index (χ2v) is 7.21. The molecule has 1 amide bonds. The number of thiazole rings is 1. The fraction of sp³-hybridized carbons (Fsp3) is 0.263. The maximum Gasteiger partial charge on any atom is 0.220 e. The normalized spacial score (nSPS) is 10.9. The molecule has 5 heteroatoms. The third-order valence-corrected chi connectivity index (χ3v) is 5.13. The summed E-state index contributed by atoms with van der Waals surface area (Å²) in [6.07, 6.45) is 3.04. The van der Waals surface area contributed by atoms with Gasteiger partial charge in [0.15, 0.2) is 0 Å². The molecule has 0 atom stereocenters. The van der Waals surface area contributed by atoms with E-state index >= 15 is 0 Å². The Hall–Kier alpha value is -1.91. The number of amides is 1. The molecule has 1 heterocycles. The first kappa shape index (κ1) is 16.9. The highest BCUT2D eigenvalue weighted by atomic mass is 35.5. The second kappa shape index (κ2) is 8.27. The maximum absolute atomic E-state index is 11.9. The molecule has 0 unspecified atom stereocenters. The molecule has 24 heavy (non-hydrogen) atoms. The van der Waals surface area contributed by atoms with Crippen LogP contribution >= 0.6 is 22.9 Å². The van der Waals surface area contributed by atoms with Crippen LogP contribution in [0.25, 0.3) is 10.2 Å². The molecule has 0 aliphatic rings. The molecular weight excluding hydrogens is 340 g/mol. The number of carbonyl (C=O) groups is 1. The van der Waals surface area contributed by atoms with Crippen LogP contribution in [0.2, 0.25) is 5.02 Å². The van der Waals surface area contributed by atoms with Crippen molar-refractivity contribution in [2.24, 2.45) is 0 Å². The molecule has 0 bridgehead atoms. The van der Waals surface area contributed by atoms with Crippen molar-refractivity contribution in [3.05, 3.63) is 64.1 Å². The van der Waals surface area contributed by atoms with Crippen molar-refractivity contribution < 1.29 is 4.79 Å². The van der Waals surface area contributed by atoms with E-state index in [2.05, 4.69) is 16.4 Å². The Labute approximate surface area is 150 Å². The smallest absolute Gasteiger partial charge is 0.220 e. The Morgan fingerprint density at radius 2 is 1.88 bits per heavy atom. The van der Waals surface area contributed by atoms with E-state index in [0.717, 1.165) is 34.8 Å². The number of para-hydroxylation sites is 1. The molecule has 3 aromatic rings. The molecule has 3 nitrogen and oxygen atoms in total. The average molecular weight is 359 g/mol. The van der Waals surface area contributed by atoms with Crippen LogP contribution in [0.15, 0.2) is 48.5 Å². The van der Waals surface area contributed by atoms with E-state index in [0.29, 0.717) is 13.0 Å². The van der Waals surface area contributed by atoms with Gasteiger partial charge in [-0.1, -0.05) is 35.9 Å². The minimum Gasteiger partial charge on any atom is -0.356 e. The molecule has 0 saturated carbocycles. The van der Waals surface area contributed by atoms with Crippen molar-refractivity contribution in [2.45, 2.75) is 25.7 Å². The summed E-state index contributed by atoms with van der Waals surface area (Å²) in [5.41, 5.74) is 2.22. The van der Waals surface area contributed by atoms with Crippen LogP contribution in [-0.2, 0) is 17.6 Å². The monoisotopic (exact) mass is 358 g/mol. The summed E-state index contributed by atoms with van der Waals surface area (Å²) < 4.78 is 1.21. The lowest BCUT2D eigenvalue weighted by Gasteiger charge is -2.05. The van der Waals surface area contributed by atoms with Crippen LogP contribution < -0.4 is 5.32 Å². The van der Waals surface area contributed by atoms with Gasteiger partial charge in [0.25, 0.3) is 0 Å². The number of fused-ring (bicyclic) bond motifs is 1. The van der Waals surface area contributed by atoms with E-state index in [-0.39, 0.29) is 5.91 Å². The summed E-state index contributed by atoms with van der Waals surface area (Å²) in [6.45, 7) is 0.654. The van der Waals surface area contributed by atoms with Crippen LogP contribution in [0.1, 0.15) is 23.4 Å². The number of aryl methyl sites for hydroxylation is 1. The molecule has 0 aliphatic heterocycles. The van der Waals surface area contributed by atoms with E-state index < -0.39 is 0 Å². The zero-order valence-electron chi connectivity index (χ0n) is 13.3. The van der Waals surface area contributed by atoms with Crippen molar-refractivity contribution in [3.8, 4) is 0 Å². The molecule has 0 saturated heterocycles. The first-order valence-electron chi connectivity index (χ1n) is 8.06. The number of nitrogens with zero attached hydrogens (tertiary/aromatic N) is 1. The Balaban J connectivity index is 1.37. The highest BCUT2D eigenvalue weighted by Crippen LogP contribution is 2.22. The Morgan fingerprint density at radius 1 is 1.08 bits per heavy atom. The molecule has 124 valence electrons. The van der Waals surface area contributed by atoms with E-state index in [1.54, 1.807) is 11.3 Å². The van der Waals surface area contributed by atoms with Crippen molar-refractivity contribution in [1.29, 1.82) is 0 Å². The highest BCUT2D eigenvalue weighted by Gasteiger charge is 2.05. The number of halogens is 1. The molecule has 1 N–H and O–H groups in total. The second-order valence-electron chi connectivity index (χ2n) is 5.66. The van der Waals surface area contributed by atoms with Crippen molar-refractivity contribution in [3.63, 3.8) is 0 Å². The summed E-state index contributed by atoms with van der Waals surface area (Å²) in [4.78, 5) is 16.5. The Bertz CT molecular complexity index is 781. The lowest BCUT2D eigenvalue weighted by molar-refractivity contribution is -0.121. The van der Waals surface area contributed by atoms with E-state index in [1.165, 1.54) is 10.3 Å². The molecule has 2 aromatic carbocycles. The van der Waals surface area contributed by atoms with Gasteiger partial charge >= 0.3 is 0 Å². The molecule has 0 radical (unpaired) electrons. The molecule has 0 spiro atoms. The summed E-state index contributed by atoms with van der Waals surface area (Å²) in [5.74, 6) is 0.102. The number of hydrogen-bond acceptors (Lipinski definition) is 3. The Kier molecular flexibility index (Phi) is 5.83. The van der Waals surface area contributed by atoms with E-state index in [9.17, 15) is 4.79 Å². The van der Waals surface area contributed by atoms with Crippen molar-refractivity contribution >= 4 is 39.1 Å². The molecule has 1 aromatic heterocycles. The molecule has 3 rings (SSSR count). The zero-order chi connectivity index (χ0) is 16.8. The zero-order valence-corrected chi connectivity index (χ0v) is 14.9. The van der Waals surface area contributed by atoms with Gasteiger partial charge in [0.2, 0.25) is 5.91 Å². The summed E-state index contributed by atoms with van der Waals surface area (Å²) in [7, 11) is 0. The minimum atomic E-state index is 0.102. The number of hydrogen-bond donors (Lipinski definition) is 1. The van der Waals surface area contributed by atoms with Gasteiger partial charge in [0.05, 0.1) is 15.2 Å². The van der Waals surface area contributed by atoms with Gasteiger partial charge in [-0.25, -0.2) is 4.98 Å². The number of carbonyl (C=O) groups excluding carboxylic acids is 1. The number of nitrogens with one attached hydrogen (secondary N) is 1. The van der Waals surface area contributed by atoms with Crippen LogP contribution in [0.5, 0.6) is 0 Å². The van der Waals surface area contributed by atoms with Gasteiger partial charge in [-0.15, -0.1) is 11.3 Å². The molecule has 0 fully saturated rings. The van der Waals surface area contributed by atoms with Crippen molar-refractivity contribution in [1.82, 2.24) is 10.3 Å². The highest BCUT2D eigenvalue weighted by molar-refractivity contribution is 7.18. The van der Waals surface area contributed by atoms with Crippen LogP contribution in [0.3, 0.4) is 0 Å². The van der Waals surface area contributed by atoms with Crippen molar-refractivity contribution in [2.75, 3.05) is 6.54 Å². The molecule has 0 aliphatic carbocycles. The predicted molar refractivity (Wildman–Crippen MR) is 101 cm³/mol. The quantitative estimate of drug-likeness (QED) is 0.669. The summed E-state index contributed by atoms with van der Waals surface area (Å²) >= 11 is 7.57. The third-order valence-electron chi connectivity index (χ3n) is 3.78. The maximum atomic E-state index is 11.9. The van der Waals surface area contributed by atoms with Crippen LogP contribution in [0.4, 0.5) is 0 Å². The number of rotatable bonds is 7. The van der Waals surface area contributed by atoms with Crippen LogP contribution in [-0.4, -0.2) is 17.4 Å². The number of benzene rings is 2. The van der Waals surface area contributed by atoms with Gasteiger partial charge in [0.1, 0.15) is 0 Å². The summed E-state index contributed by atoms with van der Waals surface area (Å²) in [5, 5.41) is 4.81. The first-order valence-corrected chi connectivity index (χ1v) is 9.26. The average Bonchev–Trinajstić information content (AvgIpc) is 2.99.